The van der Waals surface area contributed by atoms with Gasteiger partial charge in [0.1, 0.15) is 0 Å². The second kappa shape index (κ2) is 10.6. The molecule has 1 heterocycles. The Hall–Kier alpha value is -1.39. The van der Waals surface area contributed by atoms with Crippen LogP contribution >= 0.6 is 0 Å². The van der Waals surface area contributed by atoms with E-state index in [1.165, 1.54) is 108 Å². The minimum absolute atomic E-state index is 0.119. The average Bonchev–Trinajstić information content (AvgIpc) is 3.54. The number of aliphatic carboxylic acids is 1. The molecule has 0 aromatic rings. The highest BCUT2D eigenvalue weighted by atomic mass is 16.4. The summed E-state index contributed by atoms with van der Waals surface area (Å²) >= 11 is 0. The van der Waals surface area contributed by atoms with E-state index >= 15 is 0 Å². The average molecular weight is 655 g/mol. The van der Waals surface area contributed by atoms with Gasteiger partial charge in [0.05, 0.1) is 5.92 Å². The van der Waals surface area contributed by atoms with Crippen LogP contribution in [0.2, 0.25) is 0 Å². The molecule has 0 spiro atoms. The van der Waals surface area contributed by atoms with E-state index in [-0.39, 0.29) is 17.3 Å². The molecule has 1 saturated heterocycles. The fraction of sp³-hybridized carbons (Fsp3) is 0.841. The number of carbonyl (C=O) groups is 1. The van der Waals surface area contributed by atoms with Gasteiger partial charge in [0.25, 0.3) is 0 Å². The van der Waals surface area contributed by atoms with Gasteiger partial charge in [-0.15, -0.1) is 0 Å². The summed E-state index contributed by atoms with van der Waals surface area (Å²) in [5.74, 6) is 4.56. The van der Waals surface area contributed by atoms with Crippen LogP contribution in [-0.2, 0) is 4.79 Å². The normalized spacial score (nSPS) is 52.8. The number of nitrogens with one attached hydrogen (secondary N) is 1. The molecule has 4 nitrogen and oxygen atoms in total. The van der Waals surface area contributed by atoms with Crippen molar-refractivity contribution < 1.29 is 9.90 Å². The van der Waals surface area contributed by atoms with Crippen molar-refractivity contribution in [2.45, 2.75) is 137 Å². The van der Waals surface area contributed by atoms with E-state index < -0.39 is 5.97 Å². The molecule has 0 aromatic carbocycles. The summed E-state index contributed by atoms with van der Waals surface area (Å²) in [5.41, 5.74) is 6.05. The molecule has 0 amide bonds. The zero-order valence-electron chi connectivity index (χ0n) is 31.3. The maximum atomic E-state index is 11.7. The molecular weight excluding hydrogens is 588 g/mol. The Kier molecular flexibility index (Phi) is 7.17. The van der Waals surface area contributed by atoms with Crippen LogP contribution in [0.3, 0.4) is 0 Å². The first-order valence-electron chi connectivity index (χ1n) is 20.5. The third-order valence-corrected chi connectivity index (χ3v) is 18.8. The molecule has 1 aliphatic heterocycles. The number of allylic oxidation sites excluding steroid dienone is 5. The van der Waals surface area contributed by atoms with Gasteiger partial charge in [-0.1, -0.05) is 58.9 Å². The molecule has 2 N–H and O–H groups in total. The number of carboxylic acids is 1. The van der Waals surface area contributed by atoms with Crippen LogP contribution in [0.5, 0.6) is 0 Å². The lowest BCUT2D eigenvalue weighted by atomic mass is 9.33. The predicted molar refractivity (Wildman–Crippen MR) is 194 cm³/mol. The molecule has 9 rings (SSSR count). The fourth-order valence-electron chi connectivity index (χ4n) is 16.3. The Morgan fingerprint density at radius 1 is 0.979 bits per heavy atom. The zero-order valence-corrected chi connectivity index (χ0v) is 31.3. The number of carboxylic acid groups (broad SMARTS) is 1. The van der Waals surface area contributed by atoms with E-state index in [0.717, 1.165) is 36.1 Å². The first kappa shape index (κ1) is 32.5. The summed E-state index contributed by atoms with van der Waals surface area (Å²) in [4.78, 5) is 14.5. The lowest BCUT2D eigenvalue weighted by Crippen LogP contribution is -2.68. The highest BCUT2D eigenvalue weighted by Crippen LogP contribution is 2.77. The van der Waals surface area contributed by atoms with E-state index in [0.29, 0.717) is 39.5 Å². The number of rotatable bonds is 7. The largest absolute Gasteiger partial charge is 0.481 e. The van der Waals surface area contributed by atoms with Crippen molar-refractivity contribution >= 4 is 5.97 Å². The third-order valence-electron chi connectivity index (χ3n) is 18.8. The molecule has 264 valence electrons. The quantitative estimate of drug-likeness (QED) is 0.269. The zero-order chi connectivity index (χ0) is 33.6. The van der Waals surface area contributed by atoms with E-state index in [2.05, 4.69) is 70.5 Å². The minimum atomic E-state index is -0.586. The second-order valence-corrected chi connectivity index (χ2v) is 20.6. The highest BCUT2D eigenvalue weighted by Gasteiger charge is 2.70. The van der Waals surface area contributed by atoms with Crippen molar-refractivity contribution in [3.05, 3.63) is 35.5 Å². The lowest BCUT2D eigenvalue weighted by Gasteiger charge is -2.72. The van der Waals surface area contributed by atoms with Gasteiger partial charge in [0.2, 0.25) is 0 Å². The van der Waals surface area contributed by atoms with Gasteiger partial charge in [-0.3, -0.25) is 9.69 Å². The van der Waals surface area contributed by atoms with Gasteiger partial charge in [-0.05, 0) is 171 Å². The van der Waals surface area contributed by atoms with Crippen LogP contribution in [0, 0.1) is 74.9 Å². The molecule has 14 atom stereocenters. The molecule has 9 aliphatic rings. The fourth-order valence-corrected chi connectivity index (χ4v) is 16.3. The minimum Gasteiger partial charge on any atom is -0.481 e. The monoisotopic (exact) mass is 655 g/mol. The smallest absolute Gasteiger partial charge is 0.307 e. The Morgan fingerprint density at radius 3 is 2.46 bits per heavy atom. The first-order chi connectivity index (χ1) is 22.7. The van der Waals surface area contributed by atoms with Crippen LogP contribution in [0.25, 0.3) is 0 Å². The van der Waals surface area contributed by atoms with E-state index in [1.807, 2.05) is 0 Å². The summed E-state index contributed by atoms with van der Waals surface area (Å²) in [5, 5.41) is 14.0. The van der Waals surface area contributed by atoms with Crippen molar-refractivity contribution in [2.75, 3.05) is 19.6 Å². The number of piperidine rings is 1. The molecule has 8 aliphatic carbocycles. The van der Waals surface area contributed by atoms with Gasteiger partial charge in [0.15, 0.2) is 0 Å². The number of hydrogen-bond acceptors (Lipinski definition) is 3. The second-order valence-electron chi connectivity index (χ2n) is 20.6. The SMILES string of the molecule is C=C(C)[C@@H]1CC[C@]2(NCCN3C[C@H]4CC[C@@H]3C4)CC[C@]3(C)[C@H](CC[C@@H]4[C@@]5(C)CC=C(C6=CC7C(C6)C7C(=O)O)C(C)(C)[C@@H]5CC[C@]43C)[C@@H]12. The van der Waals surface area contributed by atoms with E-state index in [1.54, 1.807) is 5.57 Å². The van der Waals surface area contributed by atoms with Crippen molar-refractivity contribution in [1.82, 2.24) is 10.2 Å². The summed E-state index contributed by atoms with van der Waals surface area (Å²) < 4.78 is 0. The molecule has 2 bridgehead atoms. The first-order valence-corrected chi connectivity index (χ1v) is 20.5. The van der Waals surface area contributed by atoms with Crippen LogP contribution in [0.1, 0.15) is 125 Å². The molecule has 48 heavy (non-hydrogen) atoms. The van der Waals surface area contributed by atoms with Crippen molar-refractivity contribution in [2.24, 2.45) is 74.9 Å². The van der Waals surface area contributed by atoms with Crippen LogP contribution in [0.4, 0.5) is 0 Å². The van der Waals surface area contributed by atoms with Crippen LogP contribution in [0.15, 0.2) is 35.5 Å². The van der Waals surface area contributed by atoms with E-state index in [4.69, 9.17) is 0 Å². The Balaban J connectivity index is 0.977. The maximum absolute atomic E-state index is 11.7. The molecule has 0 radical (unpaired) electrons. The van der Waals surface area contributed by atoms with Gasteiger partial charge in [-0.25, -0.2) is 0 Å². The number of likely N-dealkylation sites (tertiary alicyclic amines) is 1. The van der Waals surface area contributed by atoms with E-state index in [9.17, 15) is 9.90 Å². The number of hydrogen-bond donors (Lipinski definition) is 2. The summed E-state index contributed by atoms with van der Waals surface area (Å²) in [6, 6.07) is 0.874. The Bertz CT molecular complexity index is 1460. The highest BCUT2D eigenvalue weighted by molar-refractivity contribution is 5.76. The van der Waals surface area contributed by atoms with Crippen LogP contribution < -0.4 is 5.32 Å². The van der Waals surface area contributed by atoms with Crippen molar-refractivity contribution in [3.8, 4) is 0 Å². The Labute approximate surface area is 292 Å². The maximum Gasteiger partial charge on any atom is 0.307 e. The lowest BCUT2D eigenvalue weighted by molar-refractivity contribution is -0.221. The van der Waals surface area contributed by atoms with Gasteiger partial charge in [0, 0.05) is 31.2 Å². The Morgan fingerprint density at radius 2 is 1.79 bits per heavy atom. The molecule has 4 heteroatoms. The van der Waals surface area contributed by atoms with Gasteiger partial charge >= 0.3 is 5.97 Å². The topological polar surface area (TPSA) is 52.6 Å². The molecule has 3 unspecified atom stereocenters. The summed E-state index contributed by atoms with van der Waals surface area (Å²) in [6.45, 7) is 24.2. The number of nitrogens with zero attached hydrogens (tertiary/aromatic N) is 1. The predicted octanol–water partition coefficient (Wildman–Crippen LogP) is 9.28. The van der Waals surface area contributed by atoms with Gasteiger partial charge < -0.3 is 10.4 Å². The number of fused-ring (bicyclic) bond motifs is 10. The summed E-state index contributed by atoms with van der Waals surface area (Å²) in [6.07, 6.45) is 22.5. The standard InChI is InChI=1S/C44H66N2O2/c1-26(2)30-12-17-44(45-20-21-46-25-27-8-9-29(46)22-27)19-18-42(6)34(38(30)44)10-11-36-41(5)15-13-33(28-23-31-32(24-28)37(31)39(47)48)40(3,4)35(41)14-16-43(36,42)7/h13,23,27,29-32,34-38,45H,1,8-12,14-22,24-25H2,2-7H3,(H,47,48)/t27-,29+,30-,31?,32?,34+,35-,36+,37?,38+,41-,42+,43+,44-/m0/s1. The molecule has 6 saturated carbocycles. The van der Waals surface area contributed by atoms with Crippen molar-refractivity contribution in [1.29, 1.82) is 0 Å². The van der Waals surface area contributed by atoms with Crippen molar-refractivity contribution in [3.63, 3.8) is 0 Å². The molecule has 0 aromatic heterocycles. The van der Waals surface area contributed by atoms with Crippen LogP contribution in [-0.4, -0.2) is 47.2 Å². The third kappa shape index (κ3) is 4.23. The summed E-state index contributed by atoms with van der Waals surface area (Å²) in [7, 11) is 0. The molecule has 7 fully saturated rings. The molecular formula is C44H66N2O2. The van der Waals surface area contributed by atoms with Gasteiger partial charge in [-0.2, -0.15) is 0 Å².